The van der Waals surface area contributed by atoms with E-state index in [0.717, 1.165) is 28.9 Å². The molecule has 2 aliphatic heterocycles. The van der Waals surface area contributed by atoms with Crippen molar-refractivity contribution >= 4 is 11.9 Å². The van der Waals surface area contributed by atoms with Gasteiger partial charge in [-0.25, -0.2) is 4.79 Å². The molecule has 2 aliphatic rings. The lowest BCUT2D eigenvalue weighted by atomic mass is 9.99. The van der Waals surface area contributed by atoms with Gasteiger partial charge in [0.15, 0.2) is 0 Å². The number of rotatable bonds is 4. The highest BCUT2D eigenvalue weighted by Gasteiger charge is 2.34. The molecule has 7 nitrogen and oxygen atoms in total. The monoisotopic (exact) mass is 428 g/mol. The molecule has 32 heavy (non-hydrogen) atoms. The van der Waals surface area contributed by atoms with E-state index in [-0.39, 0.29) is 18.1 Å². The molecule has 3 aromatic rings. The minimum Gasteiger partial charge on any atom is -0.489 e. The molecule has 5 rings (SSSR count). The summed E-state index contributed by atoms with van der Waals surface area (Å²) in [5.74, 6) is 0.777. The normalized spacial score (nSPS) is 19.6. The topological polar surface area (TPSA) is 88.8 Å². The molecular formula is C25H24N4O3. The molecule has 7 heteroatoms. The van der Waals surface area contributed by atoms with E-state index in [4.69, 9.17) is 10.5 Å². The largest absolute Gasteiger partial charge is 0.489 e. The number of ether oxygens (including phenoxy) is 1. The van der Waals surface area contributed by atoms with Crippen molar-refractivity contribution in [3.8, 4) is 5.75 Å². The Hall–Kier alpha value is -3.87. The van der Waals surface area contributed by atoms with Crippen LogP contribution in [0.1, 0.15) is 39.5 Å². The average Bonchev–Trinajstić information content (AvgIpc) is 3.45. The van der Waals surface area contributed by atoms with Gasteiger partial charge in [-0.3, -0.25) is 9.78 Å². The maximum atomic E-state index is 12.6. The Morgan fingerprint density at radius 2 is 1.81 bits per heavy atom. The molecule has 3 heterocycles. The van der Waals surface area contributed by atoms with Crippen molar-refractivity contribution in [3.63, 3.8) is 0 Å². The minimum absolute atomic E-state index is 0.0352. The number of carbonyl (C=O) groups is 2. The molecule has 2 unspecified atom stereocenters. The molecule has 0 spiro atoms. The van der Waals surface area contributed by atoms with Gasteiger partial charge in [0.2, 0.25) is 0 Å². The third kappa shape index (κ3) is 3.77. The van der Waals surface area contributed by atoms with Crippen LogP contribution in [0, 0.1) is 0 Å². The third-order valence-electron chi connectivity index (χ3n) is 6.12. The highest BCUT2D eigenvalue weighted by Crippen LogP contribution is 2.38. The van der Waals surface area contributed by atoms with Gasteiger partial charge in [0, 0.05) is 30.9 Å². The summed E-state index contributed by atoms with van der Waals surface area (Å²) in [5, 5.41) is 0. The molecule has 1 aromatic heterocycles. The number of primary amides is 1. The van der Waals surface area contributed by atoms with E-state index in [0.29, 0.717) is 25.2 Å². The van der Waals surface area contributed by atoms with E-state index in [1.165, 1.54) is 0 Å². The number of urea groups is 1. The number of aromatic nitrogens is 1. The van der Waals surface area contributed by atoms with E-state index in [9.17, 15) is 9.59 Å². The number of nitrogens with two attached hydrogens (primary N) is 1. The first-order valence-corrected chi connectivity index (χ1v) is 10.7. The molecule has 3 amide bonds. The van der Waals surface area contributed by atoms with Gasteiger partial charge in [0.1, 0.15) is 11.9 Å². The van der Waals surface area contributed by atoms with Gasteiger partial charge in [0.25, 0.3) is 5.91 Å². The van der Waals surface area contributed by atoms with Crippen LogP contribution in [0.5, 0.6) is 5.75 Å². The van der Waals surface area contributed by atoms with E-state index in [2.05, 4.69) is 4.98 Å². The van der Waals surface area contributed by atoms with Gasteiger partial charge in [-0.1, -0.05) is 30.3 Å². The first kappa shape index (κ1) is 20.1. The average molecular weight is 428 g/mol. The highest BCUT2D eigenvalue weighted by molar-refractivity contribution is 5.94. The second-order valence-electron chi connectivity index (χ2n) is 8.16. The van der Waals surface area contributed by atoms with Crippen molar-refractivity contribution in [1.29, 1.82) is 0 Å². The van der Waals surface area contributed by atoms with Gasteiger partial charge in [0.05, 0.1) is 19.1 Å². The summed E-state index contributed by atoms with van der Waals surface area (Å²) in [4.78, 5) is 32.3. The summed E-state index contributed by atoms with van der Waals surface area (Å²) in [6, 6.07) is 18.3. The van der Waals surface area contributed by atoms with Crippen LogP contribution in [0.4, 0.5) is 4.79 Å². The lowest BCUT2D eigenvalue weighted by Gasteiger charge is -2.24. The molecule has 0 radical (unpaired) electrons. The number of benzene rings is 2. The van der Waals surface area contributed by atoms with Crippen molar-refractivity contribution in [2.75, 3.05) is 13.1 Å². The van der Waals surface area contributed by atoms with E-state index in [1.54, 1.807) is 17.3 Å². The predicted molar refractivity (Wildman–Crippen MR) is 119 cm³/mol. The van der Waals surface area contributed by atoms with Crippen LogP contribution in [0.15, 0.2) is 73.1 Å². The fourth-order valence-corrected chi connectivity index (χ4v) is 4.54. The van der Waals surface area contributed by atoms with Gasteiger partial charge < -0.3 is 20.3 Å². The van der Waals surface area contributed by atoms with E-state index < -0.39 is 6.03 Å². The summed E-state index contributed by atoms with van der Waals surface area (Å²) in [7, 11) is 0. The smallest absolute Gasteiger partial charge is 0.315 e. The quantitative estimate of drug-likeness (QED) is 0.690. The molecule has 0 saturated carbocycles. The molecule has 162 valence electrons. The zero-order chi connectivity index (χ0) is 22.1. The van der Waals surface area contributed by atoms with Gasteiger partial charge in [-0.15, -0.1) is 0 Å². The van der Waals surface area contributed by atoms with Crippen molar-refractivity contribution in [3.05, 3.63) is 95.3 Å². The van der Waals surface area contributed by atoms with Crippen LogP contribution in [0.3, 0.4) is 0 Å². The standard InChI is InChI=1S/C25H24N4O3/c26-25(31)29-15-19-14-27-12-10-22(19)23(29)17-6-8-20(9-7-17)32-21-11-13-28(16-21)24(30)18-4-2-1-3-5-18/h1-10,12,14,21,23H,11,13,15-16H2,(H2,26,31). The van der Waals surface area contributed by atoms with E-state index >= 15 is 0 Å². The Kier molecular flexibility index (Phi) is 5.23. The Morgan fingerprint density at radius 1 is 1.03 bits per heavy atom. The number of fused-ring (bicyclic) bond motifs is 1. The van der Waals surface area contributed by atoms with Crippen LogP contribution in [-0.4, -0.2) is 45.9 Å². The van der Waals surface area contributed by atoms with Crippen molar-refractivity contribution in [2.24, 2.45) is 5.73 Å². The van der Waals surface area contributed by atoms with Crippen LogP contribution in [-0.2, 0) is 6.54 Å². The van der Waals surface area contributed by atoms with Crippen LogP contribution in [0.25, 0.3) is 0 Å². The fourth-order valence-electron chi connectivity index (χ4n) is 4.54. The summed E-state index contributed by atoms with van der Waals surface area (Å²) in [6.45, 7) is 1.69. The Bertz CT molecular complexity index is 1130. The zero-order valence-electron chi connectivity index (χ0n) is 17.6. The summed E-state index contributed by atoms with van der Waals surface area (Å²) >= 11 is 0. The number of amides is 3. The van der Waals surface area contributed by atoms with Crippen LogP contribution >= 0.6 is 0 Å². The number of carbonyl (C=O) groups excluding carboxylic acids is 2. The maximum Gasteiger partial charge on any atom is 0.315 e. The number of hydrogen-bond donors (Lipinski definition) is 1. The van der Waals surface area contributed by atoms with E-state index in [1.807, 2.05) is 65.6 Å². The van der Waals surface area contributed by atoms with Crippen LogP contribution in [0.2, 0.25) is 0 Å². The second kappa shape index (κ2) is 8.34. The van der Waals surface area contributed by atoms with Crippen molar-refractivity contribution in [2.45, 2.75) is 25.1 Å². The summed E-state index contributed by atoms with van der Waals surface area (Å²) in [6.07, 6.45) is 4.26. The molecule has 2 atom stereocenters. The highest BCUT2D eigenvalue weighted by atomic mass is 16.5. The van der Waals surface area contributed by atoms with Gasteiger partial charge in [-0.05, 0) is 47.0 Å². The number of pyridine rings is 1. The molecule has 1 saturated heterocycles. The predicted octanol–water partition coefficient (Wildman–Crippen LogP) is 3.36. The lowest BCUT2D eigenvalue weighted by molar-refractivity contribution is 0.0772. The Morgan fingerprint density at radius 3 is 2.56 bits per heavy atom. The minimum atomic E-state index is -0.458. The summed E-state index contributed by atoms with van der Waals surface area (Å²) in [5.41, 5.74) is 9.34. The first-order chi connectivity index (χ1) is 15.6. The molecule has 2 aromatic carbocycles. The number of hydrogen-bond acceptors (Lipinski definition) is 4. The summed E-state index contributed by atoms with van der Waals surface area (Å²) < 4.78 is 6.14. The Labute approximate surface area is 186 Å². The first-order valence-electron chi connectivity index (χ1n) is 10.7. The molecule has 2 N–H and O–H groups in total. The maximum absolute atomic E-state index is 12.6. The number of likely N-dealkylation sites (tertiary alicyclic amines) is 1. The molecule has 0 bridgehead atoms. The molecular weight excluding hydrogens is 404 g/mol. The fraction of sp³-hybridized carbons (Fsp3) is 0.240. The zero-order valence-corrected chi connectivity index (χ0v) is 17.6. The van der Waals surface area contributed by atoms with Crippen molar-refractivity contribution < 1.29 is 14.3 Å². The lowest BCUT2D eigenvalue weighted by Crippen LogP contribution is -2.34. The molecule has 1 fully saturated rings. The second-order valence-corrected chi connectivity index (χ2v) is 8.16. The third-order valence-corrected chi connectivity index (χ3v) is 6.12. The van der Waals surface area contributed by atoms with Crippen molar-refractivity contribution in [1.82, 2.24) is 14.8 Å². The SMILES string of the molecule is NC(=O)N1Cc2cnccc2C1c1ccc(OC2CCN(C(=O)c3ccccc3)C2)cc1. The molecule has 0 aliphatic carbocycles. The van der Waals surface area contributed by atoms with Crippen LogP contribution < -0.4 is 10.5 Å². The van der Waals surface area contributed by atoms with Gasteiger partial charge >= 0.3 is 6.03 Å². The van der Waals surface area contributed by atoms with Gasteiger partial charge in [-0.2, -0.15) is 0 Å². The Balaban J connectivity index is 1.27. The number of nitrogens with zero attached hydrogens (tertiary/aromatic N) is 3.